The van der Waals surface area contributed by atoms with Gasteiger partial charge < -0.3 is 5.32 Å². The average Bonchev–Trinajstić information content (AvgIpc) is 2.46. The number of hydrogen-bond acceptors (Lipinski definition) is 3. The summed E-state index contributed by atoms with van der Waals surface area (Å²) in [5.74, 6) is 0. The predicted octanol–water partition coefficient (Wildman–Crippen LogP) is 2.45. The summed E-state index contributed by atoms with van der Waals surface area (Å²) in [4.78, 5) is 0.436. The SMILES string of the molecule is CCNCc1cccc(S(=O)(=O)N2CC=C(C)CC2)c1C. The lowest BCUT2D eigenvalue weighted by atomic mass is 10.1. The number of nitrogens with one attached hydrogen (secondary N) is 1. The summed E-state index contributed by atoms with van der Waals surface area (Å²) in [6.45, 7) is 8.60. The van der Waals surface area contributed by atoms with Crippen molar-refractivity contribution in [2.24, 2.45) is 0 Å². The first-order chi connectivity index (χ1) is 9.96. The van der Waals surface area contributed by atoms with Gasteiger partial charge in [-0.1, -0.05) is 30.7 Å². The molecule has 1 aromatic carbocycles. The van der Waals surface area contributed by atoms with Crippen molar-refractivity contribution >= 4 is 10.0 Å². The van der Waals surface area contributed by atoms with Crippen molar-refractivity contribution in [3.05, 3.63) is 41.0 Å². The second-order valence-electron chi connectivity index (χ2n) is 5.48. The van der Waals surface area contributed by atoms with E-state index in [2.05, 4.69) is 5.32 Å². The highest BCUT2D eigenvalue weighted by Crippen LogP contribution is 2.25. The third-order valence-electron chi connectivity index (χ3n) is 3.98. The Morgan fingerprint density at radius 1 is 1.29 bits per heavy atom. The van der Waals surface area contributed by atoms with Crippen LogP contribution in [0.3, 0.4) is 0 Å². The molecule has 0 aromatic heterocycles. The second-order valence-corrected chi connectivity index (χ2v) is 7.39. The molecule has 0 bridgehead atoms. The lowest BCUT2D eigenvalue weighted by Gasteiger charge is -2.26. The first kappa shape index (κ1) is 16.2. The minimum atomic E-state index is -3.40. The number of nitrogens with zero attached hydrogens (tertiary/aromatic N) is 1. The van der Waals surface area contributed by atoms with E-state index in [1.165, 1.54) is 5.57 Å². The van der Waals surface area contributed by atoms with Crippen molar-refractivity contribution in [2.75, 3.05) is 19.6 Å². The van der Waals surface area contributed by atoms with Gasteiger partial charge in [-0.05, 0) is 44.0 Å². The van der Waals surface area contributed by atoms with E-state index in [1.807, 2.05) is 39.0 Å². The highest BCUT2D eigenvalue weighted by atomic mass is 32.2. The molecule has 1 heterocycles. The van der Waals surface area contributed by atoms with Gasteiger partial charge in [-0.2, -0.15) is 4.31 Å². The van der Waals surface area contributed by atoms with Crippen LogP contribution in [0.1, 0.15) is 31.4 Å². The summed E-state index contributed by atoms with van der Waals surface area (Å²) in [5, 5.41) is 3.25. The van der Waals surface area contributed by atoms with Gasteiger partial charge in [0.2, 0.25) is 10.0 Å². The van der Waals surface area contributed by atoms with Crippen molar-refractivity contribution in [3.63, 3.8) is 0 Å². The van der Waals surface area contributed by atoms with Crippen LogP contribution < -0.4 is 5.32 Å². The first-order valence-electron chi connectivity index (χ1n) is 7.41. The van der Waals surface area contributed by atoms with E-state index >= 15 is 0 Å². The van der Waals surface area contributed by atoms with E-state index in [0.29, 0.717) is 24.5 Å². The van der Waals surface area contributed by atoms with Crippen LogP contribution in [0.15, 0.2) is 34.7 Å². The van der Waals surface area contributed by atoms with Gasteiger partial charge in [-0.3, -0.25) is 0 Å². The second kappa shape index (κ2) is 6.73. The smallest absolute Gasteiger partial charge is 0.243 e. The fourth-order valence-electron chi connectivity index (χ4n) is 2.50. The normalized spacial score (nSPS) is 16.8. The predicted molar refractivity (Wildman–Crippen MR) is 85.7 cm³/mol. The Morgan fingerprint density at radius 3 is 2.67 bits per heavy atom. The maximum absolute atomic E-state index is 12.8. The zero-order valence-corrected chi connectivity index (χ0v) is 13.8. The maximum atomic E-state index is 12.8. The van der Waals surface area contributed by atoms with Crippen molar-refractivity contribution in [2.45, 2.75) is 38.6 Å². The van der Waals surface area contributed by atoms with Gasteiger partial charge in [0.1, 0.15) is 0 Å². The molecule has 0 saturated heterocycles. The number of sulfonamides is 1. The molecule has 1 aromatic rings. The molecule has 0 atom stereocenters. The topological polar surface area (TPSA) is 49.4 Å². The zero-order chi connectivity index (χ0) is 15.5. The van der Waals surface area contributed by atoms with Gasteiger partial charge in [0.25, 0.3) is 0 Å². The van der Waals surface area contributed by atoms with E-state index in [9.17, 15) is 8.42 Å². The fraction of sp³-hybridized carbons (Fsp3) is 0.500. The minimum Gasteiger partial charge on any atom is -0.313 e. The first-order valence-corrected chi connectivity index (χ1v) is 8.85. The number of rotatable bonds is 5. The Hall–Kier alpha value is -1.17. The summed E-state index contributed by atoms with van der Waals surface area (Å²) < 4.78 is 27.2. The van der Waals surface area contributed by atoms with Gasteiger partial charge in [0, 0.05) is 19.6 Å². The molecule has 0 aliphatic carbocycles. The number of benzene rings is 1. The lowest BCUT2D eigenvalue weighted by molar-refractivity contribution is 0.431. The molecule has 4 nitrogen and oxygen atoms in total. The van der Waals surface area contributed by atoms with Crippen LogP contribution in [0, 0.1) is 6.92 Å². The Balaban J connectivity index is 2.32. The van der Waals surface area contributed by atoms with Crippen LogP contribution in [0.2, 0.25) is 0 Å². The molecule has 5 heteroatoms. The van der Waals surface area contributed by atoms with E-state index in [1.54, 1.807) is 10.4 Å². The van der Waals surface area contributed by atoms with Crippen LogP contribution in [0.4, 0.5) is 0 Å². The maximum Gasteiger partial charge on any atom is 0.243 e. The summed E-state index contributed by atoms with van der Waals surface area (Å²) >= 11 is 0. The summed E-state index contributed by atoms with van der Waals surface area (Å²) in [6.07, 6.45) is 2.81. The molecule has 0 amide bonds. The third kappa shape index (κ3) is 3.54. The van der Waals surface area contributed by atoms with E-state index in [0.717, 1.165) is 24.1 Å². The molecule has 0 unspecified atom stereocenters. The summed E-state index contributed by atoms with van der Waals surface area (Å²) in [6, 6.07) is 5.53. The Morgan fingerprint density at radius 2 is 2.05 bits per heavy atom. The highest BCUT2D eigenvalue weighted by Gasteiger charge is 2.27. The quantitative estimate of drug-likeness (QED) is 0.850. The van der Waals surface area contributed by atoms with Crippen molar-refractivity contribution in [1.82, 2.24) is 9.62 Å². The molecule has 1 N–H and O–H groups in total. The summed E-state index contributed by atoms with van der Waals surface area (Å²) in [5.41, 5.74) is 3.16. The van der Waals surface area contributed by atoms with Crippen LogP contribution in [-0.2, 0) is 16.6 Å². The molecule has 0 saturated carbocycles. The monoisotopic (exact) mass is 308 g/mol. The van der Waals surface area contributed by atoms with Crippen LogP contribution >= 0.6 is 0 Å². The van der Waals surface area contributed by atoms with Gasteiger partial charge >= 0.3 is 0 Å². The Labute approximate surface area is 127 Å². The van der Waals surface area contributed by atoms with Crippen molar-refractivity contribution in [3.8, 4) is 0 Å². The molecule has 1 aliphatic rings. The third-order valence-corrected chi connectivity index (χ3v) is 5.99. The van der Waals surface area contributed by atoms with Crippen LogP contribution in [0.25, 0.3) is 0 Å². The van der Waals surface area contributed by atoms with Crippen LogP contribution in [-0.4, -0.2) is 32.4 Å². The van der Waals surface area contributed by atoms with E-state index in [4.69, 9.17) is 0 Å². The minimum absolute atomic E-state index is 0.436. The molecule has 0 spiro atoms. The largest absolute Gasteiger partial charge is 0.313 e. The highest BCUT2D eigenvalue weighted by molar-refractivity contribution is 7.89. The molecule has 0 radical (unpaired) electrons. The molecule has 21 heavy (non-hydrogen) atoms. The Kier molecular flexibility index (Phi) is 5.19. The zero-order valence-electron chi connectivity index (χ0n) is 13.0. The van der Waals surface area contributed by atoms with Gasteiger partial charge in [-0.15, -0.1) is 0 Å². The molecule has 0 fully saturated rings. The van der Waals surface area contributed by atoms with Gasteiger partial charge in [0.15, 0.2) is 0 Å². The Bertz CT molecular complexity index is 636. The van der Waals surface area contributed by atoms with Crippen LogP contribution in [0.5, 0.6) is 0 Å². The molecule has 116 valence electrons. The number of hydrogen-bond donors (Lipinski definition) is 1. The average molecular weight is 308 g/mol. The van der Waals surface area contributed by atoms with Gasteiger partial charge in [0.05, 0.1) is 4.90 Å². The van der Waals surface area contributed by atoms with E-state index < -0.39 is 10.0 Å². The molecule has 1 aliphatic heterocycles. The molecular weight excluding hydrogens is 284 g/mol. The van der Waals surface area contributed by atoms with E-state index in [-0.39, 0.29) is 0 Å². The summed E-state index contributed by atoms with van der Waals surface area (Å²) in [7, 11) is -3.40. The molecular formula is C16H24N2O2S. The lowest BCUT2D eigenvalue weighted by Crippen LogP contribution is -2.35. The fourth-order valence-corrected chi connectivity index (χ4v) is 4.15. The van der Waals surface area contributed by atoms with Gasteiger partial charge in [-0.25, -0.2) is 8.42 Å². The van der Waals surface area contributed by atoms with Crippen molar-refractivity contribution < 1.29 is 8.42 Å². The molecule has 2 rings (SSSR count). The standard InChI is InChI=1S/C16H24N2O2S/c1-4-17-12-15-6-5-7-16(14(15)3)21(19,20)18-10-8-13(2)9-11-18/h5-8,17H,4,9-12H2,1-3H3. The van der Waals surface area contributed by atoms with Crippen molar-refractivity contribution in [1.29, 1.82) is 0 Å².